The minimum Gasteiger partial charge on any atom is -0.472 e. The molecule has 1 saturated heterocycles. The first kappa shape index (κ1) is 35.7. The van der Waals surface area contributed by atoms with E-state index >= 15 is 0 Å². The van der Waals surface area contributed by atoms with Crippen molar-refractivity contribution in [2.45, 2.75) is 64.3 Å². The van der Waals surface area contributed by atoms with E-state index in [0.717, 1.165) is 61.1 Å². The number of rotatable bonds is 14. The number of nitrogens with zero attached hydrogens (tertiary/aromatic N) is 3. The first-order chi connectivity index (χ1) is 23.7. The molecule has 4 aromatic rings. The van der Waals surface area contributed by atoms with Crippen LogP contribution in [0.2, 0.25) is 0 Å². The van der Waals surface area contributed by atoms with E-state index in [9.17, 15) is 22.8 Å². The fraction of sp³-hybridized carbons (Fsp3) is 0.350. The van der Waals surface area contributed by atoms with Gasteiger partial charge in [0, 0.05) is 57.3 Å². The maximum Gasteiger partial charge on any atom is 0.416 e. The van der Waals surface area contributed by atoms with Gasteiger partial charge in [0.2, 0.25) is 11.8 Å². The van der Waals surface area contributed by atoms with Gasteiger partial charge in [-0.15, -0.1) is 0 Å². The molecule has 1 atom stereocenters. The molecule has 6 nitrogen and oxygen atoms in total. The topological polar surface area (TPSA) is 57.0 Å². The van der Waals surface area contributed by atoms with E-state index in [1.165, 1.54) is 29.8 Å². The number of carbonyl (C=O) groups is 2. The Morgan fingerprint density at radius 1 is 0.837 bits per heavy atom. The van der Waals surface area contributed by atoms with Gasteiger partial charge in [-0.05, 0) is 59.4 Å². The van der Waals surface area contributed by atoms with Gasteiger partial charge in [-0.25, -0.2) is 0 Å². The molecule has 1 fully saturated rings. The monoisotopic (exact) mass is 671 g/mol. The molecule has 0 radical (unpaired) electrons. The summed E-state index contributed by atoms with van der Waals surface area (Å²) in [7, 11) is 0. The molecule has 0 spiro atoms. The second-order valence-electron chi connectivity index (χ2n) is 12.6. The van der Waals surface area contributed by atoms with Gasteiger partial charge >= 0.3 is 6.18 Å². The molecule has 2 heterocycles. The lowest BCUT2D eigenvalue weighted by atomic mass is 10.0. The van der Waals surface area contributed by atoms with E-state index in [1.54, 1.807) is 17.4 Å². The summed E-state index contributed by atoms with van der Waals surface area (Å²) < 4.78 is 44.6. The minimum atomic E-state index is -4.45. The van der Waals surface area contributed by atoms with Crippen LogP contribution in [0, 0.1) is 0 Å². The summed E-state index contributed by atoms with van der Waals surface area (Å²) in [6, 6.07) is 23.7. The summed E-state index contributed by atoms with van der Waals surface area (Å²) >= 11 is 0. The number of aryl methyl sites for hydroxylation is 1. The maximum absolute atomic E-state index is 14.4. The number of halogens is 3. The predicted octanol–water partition coefficient (Wildman–Crippen LogP) is 8.03. The minimum absolute atomic E-state index is 0.126. The van der Waals surface area contributed by atoms with Gasteiger partial charge in [0.25, 0.3) is 0 Å². The number of carbonyl (C=O) groups excluding carboxylic acids is 2. The summed E-state index contributed by atoms with van der Waals surface area (Å²) in [4.78, 5) is 34.3. The second-order valence-corrected chi connectivity index (χ2v) is 12.6. The lowest BCUT2D eigenvalue weighted by Crippen LogP contribution is -2.56. The molecule has 0 N–H and O–H groups in total. The maximum atomic E-state index is 14.4. The summed E-state index contributed by atoms with van der Waals surface area (Å²) in [6.45, 7) is 5.55. The van der Waals surface area contributed by atoms with Gasteiger partial charge in [-0.1, -0.05) is 86.5 Å². The summed E-state index contributed by atoms with van der Waals surface area (Å²) in [5.74, 6) is -0.515. The van der Waals surface area contributed by atoms with Crippen molar-refractivity contribution in [3.63, 3.8) is 0 Å². The SMILES string of the molecule is CCCCCc1ccc(CN(C(=O)C=Cc2ccc(C(F)(F)F)cc2)[C@@H](Cc2ccccc2)C(=O)N2CCN(Cc3ccoc3)CC2)cc1. The van der Waals surface area contributed by atoms with Crippen molar-refractivity contribution in [1.29, 1.82) is 0 Å². The van der Waals surface area contributed by atoms with Crippen LogP contribution in [0.4, 0.5) is 13.2 Å². The van der Waals surface area contributed by atoms with Crippen molar-refractivity contribution >= 4 is 17.9 Å². The largest absolute Gasteiger partial charge is 0.472 e. The number of unbranched alkanes of at least 4 members (excludes halogenated alkanes) is 2. The normalized spacial score (nSPS) is 14.7. The first-order valence-electron chi connectivity index (χ1n) is 17.0. The van der Waals surface area contributed by atoms with Gasteiger partial charge < -0.3 is 14.2 Å². The molecule has 1 aliphatic heterocycles. The van der Waals surface area contributed by atoms with E-state index in [0.29, 0.717) is 38.2 Å². The lowest BCUT2D eigenvalue weighted by molar-refractivity contribution is -0.145. The first-order valence-corrected chi connectivity index (χ1v) is 17.0. The standard InChI is InChI=1S/C40H44F3N3O3/c1-2-3-5-8-31-11-13-34(14-12-31)29-46(38(47)20-17-32-15-18-36(19-16-32)40(41,42)43)37(27-33-9-6-4-7-10-33)39(48)45-24-22-44(23-25-45)28-35-21-26-49-30-35/h4,6-7,9-21,26,30,37H,2-3,5,8,22-25,27-29H2,1H3/t37-/m0/s1. The number of hydrogen-bond acceptors (Lipinski definition) is 4. The van der Waals surface area contributed by atoms with Gasteiger partial charge in [-0.2, -0.15) is 13.2 Å². The second kappa shape index (κ2) is 17.2. The predicted molar refractivity (Wildman–Crippen MR) is 185 cm³/mol. The van der Waals surface area contributed by atoms with E-state index in [1.807, 2.05) is 53.4 Å². The van der Waals surface area contributed by atoms with Gasteiger partial charge in [-0.3, -0.25) is 14.5 Å². The Bertz CT molecular complexity index is 1630. The number of piperazine rings is 1. The van der Waals surface area contributed by atoms with Crippen LogP contribution < -0.4 is 0 Å². The van der Waals surface area contributed by atoms with E-state index in [4.69, 9.17) is 4.42 Å². The summed E-state index contributed by atoms with van der Waals surface area (Å²) in [5, 5.41) is 0. The molecule has 0 unspecified atom stereocenters. The third-order valence-corrected chi connectivity index (χ3v) is 8.99. The Kier molecular flexibility index (Phi) is 12.5. The van der Waals surface area contributed by atoms with Crippen LogP contribution in [0.5, 0.6) is 0 Å². The molecule has 9 heteroatoms. The van der Waals surface area contributed by atoms with Crippen LogP contribution in [-0.4, -0.2) is 58.7 Å². The van der Waals surface area contributed by atoms with Crippen molar-refractivity contribution in [3.8, 4) is 0 Å². The van der Waals surface area contributed by atoms with Crippen LogP contribution in [-0.2, 0) is 41.7 Å². The quantitative estimate of drug-likeness (QED) is 0.101. The zero-order chi connectivity index (χ0) is 34.6. The van der Waals surface area contributed by atoms with Gasteiger partial charge in [0.1, 0.15) is 6.04 Å². The van der Waals surface area contributed by atoms with Crippen LogP contribution in [0.3, 0.4) is 0 Å². The number of benzene rings is 3. The molecule has 1 aliphatic rings. The summed E-state index contributed by atoms with van der Waals surface area (Å²) in [6.07, 6.45) is 6.52. The van der Waals surface area contributed by atoms with Crippen LogP contribution in [0.1, 0.15) is 59.6 Å². The Morgan fingerprint density at radius 2 is 1.53 bits per heavy atom. The highest BCUT2D eigenvalue weighted by molar-refractivity contribution is 5.95. The molecule has 258 valence electrons. The Balaban J connectivity index is 1.40. The van der Waals surface area contributed by atoms with Crippen LogP contribution in [0.25, 0.3) is 6.08 Å². The highest BCUT2D eigenvalue weighted by Crippen LogP contribution is 2.29. The molecule has 0 aliphatic carbocycles. The molecule has 0 bridgehead atoms. The third kappa shape index (κ3) is 10.4. The van der Waals surface area contributed by atoms with Crippen LogP contribution in [0.15, 0.2) is 108 Å². The highest BCUT2D eigenvalue weighted by atomic mass is 19.4. The van der Waals surface area contributed by atoms with Crippen molar-refractivity contribution in [1.82, 2.24) is 14.7 Å². The number of amides is 2. The van der Waals surface area contributed by atoms with Crippen molar-refractivity contribution in [2.75, 3.05) is 26.2 Å². The molecular formula is C40H44F3N3O3. The Morgan fingerprint density at radius 3 is 2.16 bits per heavy atom. The number of alkyl halides is 3. The fourth-order valence-electron chi connectivity index (χ4n) is 6.12. The Hall–Kier alpha value is -4.63. The lowest BCUT2D eigenvalue weighted by Gasteiger charge is -2.39. The molecule has 5 rings (SSSR count). The smallest absolute Gasteiger partial charge is 0.416 e. The molecule has 3 aromatic carbocycles. The highest BCUT2D eigenvalue weighted by Gasteiger charge is 2.34. The zero-order valence-corrected chi connectivity index (χ0v) is 27.9. The zero-order valence-electron chi connectivity index (χ0n) is 27.9. The van der Waals surface area contributed by atoms with E-state index < -0.39 is 17.8 Å². The third-order valence-electron chi connectivity index (χ3n) is 8.99. The van der Waals surface area contributed by atoms with E-state index in [2.05, 4.69) is 24.0 Å². The Labute approximate surface area is 286 Å². The molecule has 1 aromatic heterocycles. The molecular weight excluding hydrogens is 627 g/mol. The van der Waals surface area contributed by atoms with Gasteiger partial charge in [0.15, 0.2) is 0 Å². The van der Waals surface area contributed by atoms with Gasteiger partial charge in [0.05, 0.1) is 18.1 Å². The van der Waals surface area contributed by atoms with Crippen molar-refractivity contribution in [2.24, 2.45) is 0 Å². The fourth-order valence-corrected chi connectivity index (χ4v) is 6.12. The number of furan rings is 1. The van der Waals surface area contributed by atoms with Crippen molar-refractivity contribution in [3.05, 3.63) is 137 Å². The summed E-state index contributed by atoms with van der Waals surface area (Å²) in [5.41, 5.74) is 3.82. The van der Waals surface area contributed by atoms with Crippen molar-refractivity contribution < 1.29 is 27.2 Å². The van der Waals surface area contributed by atoms with E-state index in [-0.39, 0.29) is 18.4 Å². The van der Waals surface area contributed by atoms with Crippen LogP contribution >= 0.6 is 0 Å². The molecule has 0 saturated carbocycles. The molecule has 2 amide bonds. The number of hydrogen-bond donors (Lipinski definition) is 0. The molecule has 49 heavy (non-hydrogen) atoms. The average molecular weight is 672 g/mol. The average Bonchev–Trinajstić information content (AvgIpc) is 3.63.